The molecule has 0 radical (unpaired) electrons. The Labute approximate surface area is 114 Å². The van der Waals surface area contributed by atoms with E-state index in [-0.39, 0.29) is 4.93 Å². The first-order valence-corrected chi connectivity index (χ1v) is 8.34. The van der Waals surface area contributed by atoms with Crippen LogP contribution in [0.2, 0.25) is 0 Å². The fraction of sp³-hybridized carbons (Fsp3) is 0.929. The van der Waals surface area contributed by atoms with E-state index < -0.39 is 0 Å². The molecular formula is C14H23NO2S. The Balaban J connectivity index is 1.53. The zero-order chi connectivity index (χ0) is 12.4. The zero-order valence-corrected chi connectivity index (χ0v) is 11.8. The number of nitrogens with zero attached hydrogens (tertiary/aromatic N) is 1. The number of carbonyl (C=O) groups excluding carboxylic acids is 1. The number of hydrogen-bond donors (Lipinski definition) is 0. The lowest BCUT2D eigenvalue weighted by molar-refractivity contribution is -0.139. The van der Waals surface area contributed by atoms with E-state index in [0.29, 0.717) is 11.8 Å². The van der Waals surface area contributed by atoms with Crippen molar-refractivity contribution >= 4 is 17.7 Å². The van der Waals surface area contributed by atoms with Crippen LogP contribution >= 0.6 is 11.8 Å². The van der Waals surface area contributed by atoms with E-state index in [1.807, 2.05) is 11.8 Å². The first-order chi connectivity index (χ1) is 8.79. The summed E-state index contributed by atoms with van der Waals surface area (Å²) in [4.78, 5) is 14.6. The summed E-state index contributed by atoms with van der Waals surface area (Å²) in [7, 11) is 0. The fourth-order valence-corrected chi connectivity index (χ4v) is 4.64. The van der Waals surface area contributed by atoms with Gasteiger partial charge in [0, 0.05) is 37.6 Å². The van der Waals surface area contributed by atoms with E-state index in [1.54, 1.807) is 0 Å². The third kappa shape index (κ3) is 2.55. The van der Waals surface area contributed by atoms with Crippen LogP contribution in [0.1, 0.15) is 44.9 Å². The molecule has 0 unspecified atom stereocenters. The van der Waals surface area contributed by atoms with Gasteiger partial charge in [0.2, 0.25) is 5.91 Å². The highest BCUT2D eigenvalue weighted by atomic mass is 32.2. The minimum Gasteiger partial charge on any atom is -0.363 e. The lowest BCUT2D eigenvalue weighted by Gasteiger charge is -2.39. The van der Waals surface area contributed by atoms with Crippen molar-refractivity contribution in [2.24, 2.45) is 5.92 Å². The van der Waals surface area contributed by atoms with Crippen molar-refractivity contribution in [3.05, 3.63) is 0 Å². The fourth-order valence-electron chi connectivity index (χ4n) is 3.46. The predicted molar refractivity (Wildman–Crippen MR) is 73.5 cm³/mol. The second-order valence-electron chi connectivity index (χ2n) is 5.77. The number of hydrogen-bond acceptors (Lipinski definition) is 3. The summed E-state index contributed by atoms with van der Waals surface area (Å²) in [5.41, 5.74) is 0. The SMILES string of the molecule is O=C(C1CCCCC1)N1CCC2(CC1)OCCS2. The highest BCUT2D eigenvalue weighted by molar-refractivity contribution is 8.00. The van der Waals surface area contributed by atoms with Crippen molar-refractivity contribution in [2.45, 2.75) is 49.9 Å². The number of carbonyl (C=O) groups is 1. The molecule has 4 heteroatoms. The van der Waals surface area contributed by atoms with Gasteiger partial charge >= 0.3 is 0 Å². The molecule has 102 valence electrons. The maximum absolute atomic E-state index is 12.4. The quantitative estimate of drug-likeness (QED) is 0.733. The van der Waals surface area contributed by atoms with Crippen LogP contribution in [0.5, 0.6) is 0 Å². The largest absolute Gasteiger partial charge is 0.363 e. The molecule has 0 aromatic heterocycles. The van der Waals surface area contributed by atoms with Gasteiger partial charge in [0.25, 0.3) is 0 Å². The van der Waals surface area contributed by atoms with Gasteiger partial charge in [-0.1, -0.05) is 19.3 Å². The third-order valence-electron chi connectivity index (χ3n) is 4.60. The summed E-state index contributed by atoms with van der Waals surface area (Å²) in [5, 5.41) is 0. The minimum atomic E-state index is 0.0589. The van der Waals surface area contributed by atoms with Crippen LogP contribution in [0.25, 0.3) is 0 Å². The van der Waals surface area contributed by atoms with Gasteiger partial charge in [-0.05, 0) is 12.8 Å². The summed E-state index contributed by atoms with van der Waals surface area (Å²) in [6.07, 6.45) is 8.08. The number of piperidine rings is 1. The number of ether oxygens (including phenoxy) is 1. The van der Waals surface area contributed by atoms with E-state index in [9.17, 15) is 4.79 Å². The number of amides is 1. The van der Waals surface area contributed by atoms with Crippen LogP contribution < -0.4 is 0 Å². The van der Waals surface area contributed by atoms with Crippen LogP contribution in [0.15, 0.2) is 0 Å². The monoisotopic (exact) mass is 269 g/mol. The number of likely N-dealkylation sites (tertiary alicyclic amines) is 1. The van der Waals surface area contributed by atoms with Gasteiger partial charge in [0.15, 0.2) is 0 Å². The Morgan fingerprint density at radius 2 is 1.89 bits per heavy atom. The van der Waals surface area contributed by atoms with Crippen LogP contribution in [-0.2, 0) is 9.53 Å². The first-order valence-electron chi connectivity index (χ1n) is 7.36. The average Bonchev–Trinajstić information content (AvgIpc) is 2.88. The zero-order valence-electron chi connectivity index (χ0n) is 11.0. The molecule has 1 spiro atoms. The molecule has 1 aliphatic carbocycles. The van der Waals surface area contributed by atoms with Crippen molar-refractivity contribution in [3.63, 3.8) is 0 Å². The number of rotatable bonds is 1. The third-order valence-corrected chi connectivity index (χ3v) is 6.03. The molecule has 3 fully saturated rings. The van der Waals surface area contributed by atoms with Gasteiger partial charge in [0.05, 0.1) is 6.61 Å². The van der Waals surface area contributed by atoms with E-state index >= 15 is 0 Å². The second-order valence-corrected chi connectivity index (χ2v) is 7.21. The highest BCUT2D eigenvalue weighted by Gasteiger charge is 2.41. The van der Waals surface area contributed by atoms with E-state index in [2.05, 4.69) is 4.90 Å². The lowest BCUT2D eigenvalue weighted by Crippen LogP contribution is -2.47. The molecule has 0 aromatic carbocycles. The molecule has 1 amide bonds. The summed E-state index contributed by atoms with van der Waals surface area (Å²) in [6, 6.07) is 0. The van der Waals surface area contributed by atoms with Crippen LogP contribution in [0.4, 0.5) is 0 Å². The minimum absolute atomic E-state index is 0.0589. The van der Waals surface area contributed by atoms with Gasteiger partial charge < -0.3 is 9.64 Å². The van der Waals surface area contributed by atoms with Gasteiger partial charge in [-0.2, -0.15) is 0 Å². The predicted octanol–water partition coefficient (Wildman–Crippen LogP) is 2.65. The van der Waals surface area contributed by atoms with E-state index in [0.717, 1.165) is 51.1 Å². The Morgan fingerprint density at radius 3 is 2.50 bits per heavy atom. The van der Waals surface area contributed by atoms with Crippen molar-refractivity contribution < 1.29 is 9.53 Å². The standard InChI is InChI=1S/C14H23NO2S/c16-13(12-4-2-1-3-5-12)15-8-6-14(7-9-15)17-10-11-18-14/h12H,1-11H2. The molecule has 0 atom stereocenters. The maximum atomic E-state index is 12.4. The van der Waals surface area contributed by atoms with Gasteiger partial charge in [-0.3, -0.25) is 4.79 Å². The molecule has 2 saturated heterocycles. The Kier molecular flexibility index (Phi) is 3.85. The van der Waals surface area contributed by atoms with Crippen molar-refractivity contribution in [2.75, 3.05) is 25.4 Å². The smallest absolute Gasteiger partial charge is 0.225 e. The molecule has 3 rings (SSSR count). The lowest BCUT2D eigenvalue weighted by atomic mass is 9.88. The van der Waals surface area contributed by atoms with Crippen molar-refractivity contribution in [1.82, 2.24) is 4.90 Å². The molecule has 0 N–H and O–H groups in total. The summed E-state index contributed by atoms with van der Waals surface area (Å²) in [6.45, 7) is 2.70. The summed E-state index contributed by atoms with van der Waals surface area (Å²) in [5.74, 6) is 1.87. The van der Waals surface area contributed by atoms with Gasteiger partial charge in [-0.25, -0.2) is 0 Å². The molecule has 2 heterocycles. The molecule has 18 heavy (non-hydrogen) atoms. The van der Waals surface area contributed by atoms with Crippen LogP contribution in [-0.4, -0.2) is 41.2 Å². The topological polar surface area (TPSA) is 29.5 Å². The second kappa shape index (κ2) is 5.41. The number of thioether (sulfide) groups is 1. The normalized spacial score (nSPS) is 28.8. The molecule has 0 bridgehead atoms. The molecule has 0 aromatic rings. The average molecular weight is 269 g/mol. The molecule has 2 aliphatic heterocycles. The Morgan fingerprint density at radius 1 is 1.17 bits per heavy atom. The maximum Gasteiger partial charge on any atom is 0.225 e. The van der Waals surface area contributed by atoms with Gasteiger partial charge in [-0.15, -0.1) is 11.8 Å². The van der Waals surface area contributed by atoms with Crippen LogP contribution in [0, 0.1) is 5.92 Å². The first kappa shape index (κ1) is 12.8. The van der Waals surface area contributed by atoms with Gasteiger partial charge in [0.1, 0.15) is 4.93 Å². The molecular weight excluding hydrogens is 246 g/mol. The Hall–Kier alpha value is -0.220. The molecule has 3 nitrogen and oxygen atoms in total. The van der Waals surface area contributed by atoms with E-state index in [4.69, 9.17) is 4.74 Å². The van der Waals surface area contributed by atoms with Crippen LogP contribution in [0.3, 0.4) is 0 Å². The van der Waals surface area contributed by atoms with E-state index in [1.165, 1.54) is 19.3 Å². The Bertz CT molecular complexity index is 299. The molecule has 3 aliphatic rings. The summed E-state index contributed by atoms with van der Waals surface area (Å²) >= 11 is 1.95. The summed E-state index contributed by atoms with van der Waals surface area (Å²) < 4.78 is 5.88. The van der Waals surface area contributed by atoms with Crippen molar-refractivity contribution in [3.8, 4) is 0 Å². The molecule has 1 saturated carbocycles. The highest BCUT2D eigenvalue weighted by Crippen LogP contribution is 2.41. The van der Waals surface area contributed by atoms with Crippen molar-refractivity contribution in [1.29, 1.82) is 0 Å².